The van der Waals surface area contributed by atoms with E-state index in [4.69, 9.17) is 15.2 Å². The molecule has 8 nitrogen and oxygen atoms in total. The largest absolute Gasteiger partial charge is 0.467 e. The van der Waals surface area contributed by atoms with Crippen molar-refractivity contribution in [1.82, 2.24) is 10.2 Å². The van der Waals surface area contributed by atoms with Gasteiger partial charge in [0.1, 0.15) is 12.1 Å². The van der Waals surface area contributed by atoms with Crippen molar-refractivity contribution in [1.29, 1.82) is 0 Å². The number of hydrogen-bond acceptors (Lipinski definition) is 8. The maximum atomic E-state index is 13.0. The Morgan fingerprint density at radius 3 is 2.62 bits per heavy atom. The van der Waals surface area contributed by atoms with Crippen molar-refractivity contribution in [3.05, 3.63) is 35.9 Å². The van der Waals surface area contributed by atoms with E-state index in [9.17, 15) is 14.4 Å². The van der Waals surface area contributed by atoms with E-state index in [0.29, 0.717) is 24.5 Å². The molecule has 0 saturated carbocycles. The van der Waals surface area contributed by atoms with E-state index in [1.165, 1.54) is 17.6 Å². The van der Waals surface area contributed by atoms with Crippen molar-refractivity contribution < 1.29 is 23.9 Å². The lowest BCUT2D eigenvalue weighted by atomic mass is 10.1. The number of carbonyl (C=O) groups excluding carboxylic acids is 3. The Hall–Kier alpha value is -2.10. The van der Waals surface area contributed by atoms with Crippen molar-refractivity contribution in [2.75, 3.05) is 31.8 Å². The Bertz CT molecular complexity index is 748. The van der Waals surface area contributed by atoms with Crippen LogP contribution in [0.2, 0.25) is 0 Å². The van der Waals surface area contributed by atoms with E-state index < -0.39 is 30.1 Å². The van der Waals surface area contributed by atoms with Crippen LogP contribution in [0.1, 0.15) is 32.3 Å². The summed E-state index contributed by atoms with van der Waals surface area (Å²) < 4.78 is 10.0. The van der Waals surface area contributed by atoms with Crippen LogP contribution in [0.15, 0.2) is 30.3 Å². The molecule has 2 rings (SSSR count). The number of likely N-dealkylation sites (tertiary alicyclic amines) is 1. The number of carbonyl (C=O) groups is 3. The smallest absolute Gasteiger partial charge is 0.328 e. The summed E-state index contributed by atoms with van der Waals surface area (Å²) in [6.07, 6.45) is 2.08. The zero-order valence-electron chi connectivity index (χ0n) is 19.1. The lowest BCUT2D eigenvalue weighted by molar-refractivity contribution is -0.152. The van der Waals surface area contributed by atoms with Gasteiger partial charge in [-0.25, -0.2) is 4.79 Å². The first-order chi connectivity index (χ1) is 15.4. The maximum absolute atomic E-state index is 13.0. The lowest BCUT2D eigenvalue weighted by Crippen LogP contribution is -2.54. The Labute approximate surface area is 194 Å². The number of nitrogens with zero attached hydrogens (tertiary/aromatic N) is 1. The summed E-state index contributed by atoms with van der Waals surface area (Å²) in [5.74, 6) is 0.0678. The first-order valence-electron chi connectivity index (χ1n) is 11.1. The number of benzene rings is 1. The summed E-state index contributed by atoms with van der Waals surface area (Å²) in [7, 11) is 1.32. The van der Waals surface area contributed by atoms with Crippen LogP contribution in [0.25, 0.3) is 0 Å². The first kappa shape index (κ1) is 26.2. The number of methoxy groups -OCH3 is 1. The molecule has 32 heavy (non-hydrogen) atoms. The fourth-order valence-corrected chi connectivity index (χ4v) is 4.80. The van der Waals surface area contributed by atoms with Gasteiger partial charge in [0.05, 0.1) is 19.8 Å². The van der Waals surface area contributed by atoms with E-state index in [1.807, 2.05) is 30.3 Å². The second-order valence-corrected chi connectivity index (χ2v) is 8.97. The van der Waals surface area contributed by atoms with Crippen molar-refractivity contribution in [3.8, 4) is 0 Å². The zero-order chi connectivity index (χ0) is 23.5. The van der Waals surface area contributed by atoms with Crippen LogP contribution < -0.4 is 11.1 Å². The van der Waals surface area contributed by atoms with Gasteiger partial charge in [-0.1, -0.05) is 30.3 Å². The third-order valence-electron chi connectivity index (χ3n) is 5.36. The molecular formula is C23H35N3O5S. The lowest BCUT2D eigenvalue weighted by Gasteiger charge is -2.28. The monoisotopic (exact) mass is 465 g/mol. The van der Waals surface area contributed by atoms with Crippen LogP contribution >= 0.6 is 11.8 Å². The highest BCUT2D eigenvalue weighted by molar-refractivity contribution is 7.99. The second-order valence-electron chi connectivity index (χ2n) is 7.89. The van der Waals surface area contributed by atoms with Gasteiger partial charge in [-0.3, -0.25) is 14.9 Å². The second kappa shape index (κ2) is 13.4. The zero-order valence-corrected chi connectivity index (χ0v) is 19.9. The van der Waals surface area contributed by atoms with E-state index in [2.05, 4.69) is 5.32 Å². The molecule has 0 radical (unpaired) electrons. The third-order valence-corrected chi connectivity index (χ3v) is 6.59. The summed E-state index contributed by atoms with van der Waals surface area (Å²) >= 11 is 1.55. The number of esters is 2. The number of nitrogens with two attached hydrogens (primary N) is 1. The SMILES string of the molecule is CCOC(=O)[C@H](CSC[C@@H](N)Cc1ccccc1)N[C@@H](C)C(=O)N1CCC[C@H]1C(=O)OC. The van der Waals surface area contributed by atoms with Gasteiger partial charge in [-0.2, -0.15) is 11.8 Å². The molecule has 1 aromatic rings. The molecule has 0 spiro atoms. The molecule has 9 heteroatoms. The molecule has 0 unspecified atom stereocenters. The summed E-state index contributed by atoms with van der Waals surface area (Å²) in [6.45, 7) is 4.20. The fraction of sp³-hybridized carbons (Fsp3) is 0.609. The van der Waals surface area contributed by atoms with Crippen LogP contribution in [-0.4, -0.2) is 78.7 Å². The minimum Gasteiger partial charge on any atom is -0.467 e. The van der Waals surface area contributed by atoms with Crippen molar-refractivity contribution in [2.24, 2.45) is 5.73 Å². The van der Waals surface area contributed by atoms with E-state index in [1.54, 1.807) is 25.6 Å². The van der Waals surface area contributed by atoms with Crippen LogP contribution in [0, 0.1) is 0 Å². The molecule has 0 aliphatic carbocycles. The summed E-state index contributed by atoms with van der Waals surface area (Å²) in [5.41, 5.74) is 7.43. The molecule has 4 atom stereocenters. The van der Waals surface area contributed by atoms with Gasteiger partial charge >= 0.3 is 11.9 Å². The molecule has 0 bridgehead atoms. The molecule has 1 aliphatic heterocycles. The van der Waals surface area contributed by atoms with Crippen LogP contribution in [0.4, 0.5) is 0 Å². The molecule has 1 saturated heterocycles. The highest BCUT2D eigenvalue weighted by Gasteiger charge is 2.37. The van der Waals surface area contributed by atoms with Gasteiger partial charge < -0.3 is 20.1 Å². The summed E-state index contributed by atoms with van der Waals surface area (Å²) in [4.78, 5) is 38.9. The maximum Gasteiger partial charge on any atom is 0.328 e. The molecule has 1 amide bonds. The molecule has 1 aromatic carbocycles. The van der Waals surface area contributed by atoms with Crippen LogP contribution in [-0.2, 0) is 30.3 Å². The number of hydrogen-bond donors (Lipinski definition) is 2. The minimum absolute atomic E-state index is 0.0466. The average molecular weight is 466 g/mol. The Kier molecular flexibility index (Phi) is 11.0. The quantitative estimate of drug-likeness (QED) is 0.445. The Balaban J connectivity index is 1.91. The molecule has 178 valence electrons. The molecule has 0 aromatic heterocycles. The molecule has 1 aliphatic rings. The van der Waals surface area contributed by atoms with E-state index in [-0.39, 0.29) is 18.6 Å². The molecule has 1 fully saturated rings. The standard InChI is InChI=1S/C23H35N3O5S/c1-4-31-22(28)19(15-32-14-18(24)13-17-9-6-5-7-10-17)25-16(2)21(27)26-12-8-11-20(26)23(29)30-3/h5-7,9-10,16,18-20,25H,4,8,11-15,24H2,1-3H3/t16-,18-,19-,20-/m0/s1. The first-order valence-corrected chi connectivity index (χ1v) is 12.2. The Morgan fingerprint density at radius 2 is 1.97 bits per heavy atom. The van der Waals surface area contributed by atoms with Crippen LogP contribution in [0.5, 0.6) is 0 Å². The van der Waals surface area contributed by atoms with Crippen LogP contribution in [0.3, 0.4) is 0 Å². The molecular weight excluding hydrogens is 430 g/mol. The van der Waals surface area contributed by atoms with E-state index >= 15 is 0 Å². The average Bonchev–Trinajstić information content (AvgIpc) is 3.28. The molecule has 1 heterocycles. The predicted octanol–water partition coefficient (Wildman–Crippen LogP) is 1.36. The van der Waals surface area contributed by atoms with Gasteiger partial charge in [0.2, 0.25) is 5.91 Å². The highest BCUT2D eigenvalue weighted by atomic mass is 32.2. The number of nitrogens with one attached hydrogen (secondary N) is 1. The fourth-order valence-electron chi connectivity index (χ4n) is 3.77. The topological polar surface area (TPSA) is 111 Å². The highest BCUT2D eigenvalue weighted by Crippen LogP contribution is 2.20. The van der Waals surface area contributed by atoms with Crippen molar-refractivity contribution in [2.45, 2.75) is 57.3 Å². The predicted molar refractivity (Wildman–Crippen MR) is 125 cm³/mol. The van der Waals surface area contributed by atoms with Crippen molar-refractivity contribution in [3.63, 3.8) is 0 Å². The summed E-state index contributed by atoms with van der Waals surface area (Å²) in [6, 6.07) is 8.12. The summed E-state index contributed by atoms with van der Waals surface area (Å²) in [5, 5.41) is 3.10. The minimum atomic E-state index is -0.651. The third kappa shape index (κ3) is 7.79. The number of rotatable bonds is 12. The number of thioether (sulfide) groups is 1. The van der Waals surface area contributed by atoms with Gasteiger partial charge in [0.15, 0.2) is 0 Å². The number of ether oxygens (including phenoxy) is 2. The van der Waals surface area contributed by atoms with Gasteiger partial charge in [-0.15, -0.1) is 0 Å². The Morgan fingerprint density at radius 1 is 1.25 bits per heavy atom. The number of amides is 1. The van der Waals surface area contributed by atoms with Crippen molar-refractivity contribution >= 4 is 29.6 Å². The van der Waals surface area contributed by atoms with Gasteiger partial charge in [0, 0.05) is 24.1 Å². The normalized spacial score (nSPS) is 18.6. The molecule has 3 N–H and O–H groups in total. The van der Waals surface area contributed by atoms with Gasteiger partial charge in [0.25, 0.3) is 0 Å². The van der Waals surface area contributed by atoms with Gasteiger partial charge in [-0.05, 0) is 38.7 Å². The van der Waals surface area contributed by atoms with E-state index in [0.717, 1.165) is 12.8 Å².